The summed E-state index contributed by atoms with van der Waals surface area (Å²) in [5.74, 6) is 0.730. The van der Waals surface area contributed by atoms with E-state index in [1.807, 2.05) is 0 Å². The van der Waals surface area contributed by atoms with Crippen molar-refractivity contribution in [1.29, 1.82) is 0 Å². The molecule has 0 bridgehead atoms. The number of fused-ring (bicyclic) bond motifs is 1. The van der Waals surface area contributed by atoms with Crippen LogP contribution in [0, 0.1) is 0 Å². The number of ether oxygens (including phenoxy) is 2. The molecule has 0 saturated heterocycles. The summed E-state index contributed by atoms with van der Waals surface area (Å²) in [6.07, 6.45) is 1.59. The average molecular weight is 382 g/mol. The van der Waals surface area contributed by atoms with E-state index in [4.69, 9.17) is 21.1 Å². The van der Waals surface area contributed by atoms with Gasteiger partial charge in [0.25, 0.3) is 0 Å². The highest BCUT2D eigenvalue weighted by Gasteiger charge is 2.27. The number of phenolic OH excluding ortho intramolecular Hbond substituents is 1. The number of aromatic hydroxyl groups is 1. The van der Waals surface area contributed by atoms with Crippen molar-refractivity contribution in [3.63, 3.8) is 0 Å². The van der Waals surface area contributed by atoms with Gasteiger partial charge in [-0.3, -0.25) is 4.79 Å². The van der Waals surface area contributed by atoms with Gasteiger partial charge in [-0.2, -0.15) is 0 Å². The van der Waals surface area contributed by atoms with Crippen LogP contribution in [-0.2, 0) is 0 Å². The second kappa shape index (κ2) is 5.66. The van der Waals surface area contributed by atoms with Crippen LogP contribution in [0.4, 0.5) is 0 Å². The molecule has 1 heterocycles. The minimum absolute atomic E-state index is 0.00150. The highest BCUT2D eigenvalue weighted by atomic mass is 79.9. The monoisotopic (exact) mass is 380 g/mol. The third-order valence-electron chi connectivity index (χ3n) is 3.20. The Morgan fingerprint density at radius 2 is 2.09 bits per heavy atom. The summed E-state index contributed by atoms with van der Waals surface area (Å²) in [5.41, 5.74) is 1.09. The topological polar surface area (TPSA) is 55.8 Å². The second-order valence-corrected chi connectivity index (χ2v) is 5.92. The van der Waals surface area contributed by atoms with E-state index in [9.17, 15) is 9.90 Å². The SMILES string of the molecule is COc1cc(/C=C2\Oc3ccc(Cl)cc3C2=O)cc(Br)c1O. The zero-order valence-electron chi connectivity index (χ0n) is 11.4. The van der Waals surface area contributed by atoms with Crippen molar-refractivity contribution < 1.29 is 19.4 Å². The third kappa shape index (κ3) is 2.58. The quantitative estimate of drug-likeness (QED) is 0.782. The van der Waals surface area contributed by atoms with Gasteiger partial charge in [0.15, 0.2) is 17.3 Å². The molecule has 1 aliphatic heterocycles. The first-order valence-electron chi connectivity index (χ1n) is 6.30. The molecule has 0 fully saturated rings. The summed E-state index contributed by atoms with van der Waals surface area (Å²) in [6.45, 7) is 0. The van der Waals surface area contributed by atoms with Gasteiger partial charge in [0.2, 0.25) is 5.78 Å². The van der Waals surface area contributed by atoms with Gasteiger partial charge in [-0.15, -0.1) is 0 Å². The predicted molar refractivity (Wildman–Crippen MR) is 86.7 cm³/mol. The van der Waals surface area contributed by atoms with Gasteiger partial charge < -0.3 is 14.6 Å². The number of allylic oxidation sites excluding steroid dienone is 1. The standard InChI is InChI=1S/C16H10BrClO4/c1-21-13-5-8(4-11(17)16(13)20)6-14-15(19)10-7-9(18)2-3-12(10)22-14/h2-7,20H,1H3/b14-6-. The van der Waals surface area contributed by atoms with Gasteiger partial charge in [-0.05, 0) is 57.9 Å². The second-order valence-electron chi connectivity index (χ2n) is 4.63. The fourth-order valence-electron chi connectivity index (χ4n) is 2.15. The van der Waals surface area contributed by atoms with E-state index in [0.717, 1.165) is 0 Å². The van der Waals surface area contributed by atoms with Gasteiger partial charge in [0, 0.05) is 5.02 Å². The number of ketones is 1. The normalized spacial score (nSPS) is 14.9. The number of hydrogen-bond donors (Lipinski definition) is 1. The van der Waals surface area contributed by atoms with Crippen LogP contribution in [0.5, 0.6) is 17.2 Å². The molecule has 22 heavy (non-hydrogen) atoms. The zero-order valence-corrected chi connectivity index (χ0v) is 13.7. The fraction of sp³-hybridized carbons (Fsp3) is 0.0625. The lowest BCUT2D eigenvalue weighted by Crippen LogP contribution is -1.98. The predicted octanol–water partition coefficient (Wildman–Crippen LogP) is 4.43. The molecule has 6 heteroatoms. The summed E-state index contributed by atoms with van der Waals surface area (Å²) in [7, 11) is 1.45. The lowest BCUT2D eigenvalue weighted by Gasteiger charge is -2.07. The Bertz CT molecular complexity index is 814. The largest absolute Gasteiger partial charge is 0.503 e. The molecular formula is C16H10BrClO4. The first-order chi connectivity index (χ1) is 10.5. The van der Waals surface area contributed by atoms with Crippen LogP contribution in [0.25, 0.3) is 6.08 Å². The molecule has 0 amide bonds. The van der Waals surface area contributed by atoms with Crippen LogP contribution >= 0.6 is 27.5 Å². The Morgan fingerprint density at radius 3 is 2.82 bits per heavy atom. The number of rotatable bonds is 2. The van der Waals surface area contributed by atoms with Crippen LogP contribution in [0.3, 0.4) is 0 Å². The van der Waals surface area contributed by atoms with E-state index in [-0.39, 0.29) is 17.3 Å². The fourth-order valence-corrected chi connectivity index (χ4v) is 2.78. The van der Waals surface area contributed by atoms with Crippen LogP contribution in [0.2, 0.25) is 5.02 Å². The van der Waals surface area contributed by atoms with Crippen molar-refractivity contribution in [2.45, 2.75) is 0 Å². The molecule has 2 aromatic carbocycles. The first kappa shape index (κ1) is 14.9. The van der Waals surface area contributed by atoms with E-state index in [0.29, 0.717) is 32.1 Å². The highest BCUT2D eigenvalue weighted by Crippen LogP contribution is 2.37. The van der Waals surface area contributed by atoms with Crippen molar-refractivity contribution in [3.05, 3.63) is 56.7 Å². The van der Waals surface area contributed by atoms with E-state index >= 15 is 0 Å². The van der Waals surface area contributed by atoms with E-state index in [1.54, 1.807) is 36.4 Å². The minimum atomic E-state index is -0.235. The van der Waals surface area contributed by atoms with E-state index < -0.39 is 0 Å². The average Bonchev–Trinajstić information content (AvgIpc) is 2.79. The zero-order chi connectivity index (χ0) is 15.9. The van der Waals surface area contributed by atoms with Crippen molar-refractivity contribution in [2.24, 2.45) is 0 Å². The maximum Gasteiger partial charge on any atom is 0.232 e. The first-order valence-corrected chi connectivity index (χ1v) is 7.47. The maximum absolute atomic E-state index is 12.3. The molecule has 0 saturated carbocycles. The molecule has 0 aliphatic carbocycles. The highest BCUT2D eigenvalue weighted by molar-refractivity contribution is 9.10. The van der Waals surface area contributed by atoms with Gasteiger partial charge in [0.05, 0.1) is 17.1 Å². The van der Waals surface area contributed by atoms with Gasteiger partial charge in [-0.25, -0.2) is 0 Å². The lowest BCUT2D eigenvalue weighted by molar-refractivity contribution is 0.101. The molecule has 0 unspecified atom stereocenters. The molecule has 2 aromatic rings. The Labute approximate surface area is 140 Å². The van der Waals surface area contributed by atoms with Crippen LogP contribution in [0.1, 0.15) is 15.9 Å². The number of Topliss-reactive ketones (excluding diaryl/α,β-unsaturated/α-hetero) is 1. The molecule has 3 rings (SSSR count). The molecule has 112 valence electrons. The van der Waals surface area contributed by atoms with Crippen molar-refractivity contribution in [1.82, 2.24) is 0 Å². The molecule has 0 aromatic heterocycles. The smallest absolute Gasteiger partial charge is 0.232 e. The number of phenols is 1. The molecule has 1 N–H and O–H groups in total. The Kier molecular flexibility index (Phi) is 3.85. The van der Waals surface area contributed by atoms with Gasteiger partial charge in [-0.1, -0.05) is 11.6 Å². The number of halogens is 2. The molecule has 4 nitrogen and oxygen atoms in total. The lowest BCUT2D eigenvalue weighted by atomic mass is 10.1. The summed E-state index contributed by atoms with van der Waals surface area (Å²) >= 11 is 9.13. The van der Waals surface area contributed by atoms with Crippen molar-refractivity contribution in [2.75, 3.05) is 7.11 Å². The summed E-state index contributed by atoms with van der Waals surface area (Å²) in [5, 5.41) is 10.3. The number of carbonyl (C=O) groups is 1. The Morgan fingerprint density at radius 1 is 1.32 bits per heavy atom. The van der Waals surface area contributed by atoms with Crippen molar-refractivity contribution >= 4 is 39.4 Å². The summed E-state index contributed by atoms with van der Waals surface area (Å²) in [6, 6.07) is 8.17. The van der Waals surface area contributed by atoms with E-state index in [2.05, 4.69) is 15.9 Å². The number of methoxy groups -OCH3 is 1. The maximum atomic E-state index is 12.3. The molecule has 0 radical (unpaired) electrons. The van der Waals surface area contributed by atoms with Crippen LogP contribution < -0.4 is 9.47 Å². The number of carbonyl (C=O) groups excluding carboxylic acids is 1. The summed E-state index contributed by atoms with van der Waals surface area (Å²) in [4.78, 5) is 12.3. The number of benzene rings is 2. The molecule has 1 aliphatic rings. The van der Waals surface area contributed by atoms with Crippen LogP contribution in [0.15, 0.2) is 40.6 Å². The molecular weight excluding hydrogens is 372 g/mol. The molecule has 0 atom stereocenters. The van der Waals surface area contributed by atoms with Gasteiger partial charge >= 0.3 is 0 Å². The molecule has 0 spiro atoms. The number of hydrogen-bond acceptors (Lipinski definition) is 4. The Balaban J connectivity index is 2.01. The van der Waals surface area contributed by atoms with Gasteiger partial charge in [0.1, 0.15) is 5.75 Å². The third-order valence-corrected chi connectivity index (χ3v) is 4.04. The van der Waals surface area contributed by atoms with Crippen molar-refractivity contribution in [3.8, 4) is 17.2 Å². The van der Waals surface area contributed by atoms with E-state index in [1.165, 1.54) is 7.11 Å². The Hall–Kier alpha value is -1.98. The minimum Gasteiger partial charge on any atom is -0.503 e. The summed E-state index contributed by atoms with van der Waals surface area (Å²) < 4.78 is 11.1. The van der Waals surface area contributed by atoms with Crippen LogP contribution in [-0.4, -0.2) is 18.0 Å².